The monoisotopic (exact) mass is 334 g/mol. The smallest absolute Gasteiger partial charge is 0.260 e. The summed E-state index contributed by atoms with van der Waals surface area (Å²) in [6.45, 7) is 4.38. The highest BCUT2D eigenvalue weighted by molar-refractivity contribution is 7.98. The van der Waals surface area contributed by atoms with Crippen molar-refractivity contribution < 1.29 is 8.42 Å². The van der Waals surface area contributed by atoms with Crippen LogP contribution in [-0.2, 0) is 10.0 Å². The van der Waals surface area contributed by atoms with E-state index in [9.17, 15) is 8.42 Å². The molecule has 0 aliphatic heterocycles. The van der Waals surface area contributed by atoms with Gasteiger partial charge in [-0.2, -0.15) is 11.8 Å². The highest BCUT2D eigenvalue weighted by Crippen LogP contribution is 2.25. The van der Waals surface area contributed by atoms with Crippen LogP contribution < -0.4 is 10.0 Å². The van der Waals surface area contributed by atoms with Crippen LogP contribution in [-0.4, -0.2) is 42.4 Å². The Bertz CT molecular complexity index is 677. The SMILES string of the molecule is CCNc1nc2sccn2c1S(=O)(=O)NC(C)CSC. The lowest BCUT2D eigenvalue weighted by Gasteiger charge is -2.13. The van der Waals surface area contributed by atoms with Gasteiger partial charge in [-0.1, -0.05) is 0 Å². The van der Waals surface area contributed by atoms with Crippen molar-refractivity contribution in [2.75, 3.05) is 23.9 Å². The summed E-state index contributed by atoms with van der Waals surface area (Å²) in [5, 5.41) is 5.02. The molecule has 1 unspecified atom stereocenters. The van der Waals surface area contributed by atoms with Crippen molar-refractivity contribution in [2.24, 2.45) is 0 Å². The third-order valence-corrected chi connectivity index (χ3v) is 5.79. The molecule has 0 bridgehead atoms. The molecule has 0 aliphatic rings. The van der Waals surface area contributed by atoms with E-state index in [0.29, 0.717) is 17.3 Å². The summed E-state index contributed by atoms with van der Waals surface area (Å²) in [5.41, 5.74) is 0. The van der Waals surface area contributed by atoms with Gasteiger partial charge in [0.05, 0.1) is 0 Å². The third-order valence-electron chi connectivity index (χ3n) is 2.59. The molecule has 0 saturated heterocycles. The topological polar surface area (TPSA) is 75.5 Å². The van der Waals surface area contributed by atoms with E-state index in [-0.39, 0.29) is 11.1 Å². The summed E-state index contributed by atoms with van der Waals surface area (Å²) in [6, 6.07) is -0.131. The standard InChI is InChI=1S/C11H18N4O2S3/c1-4-12-9-10(15-5-6-19-11(15)13-9)20(16,17)14-8(2)7-18-3/h5-6,8,12,14H,4,7H2,1-3H3. The fourth-order valence-electron chi connectivity index (χ4n) is 1.91. The Morgan fingerprint density at radius 3 is 2.95 bits per heavy atom. The Kier molecular flexibility index (Phi) is 4.95. The van der Waals surface area contributed by atoms with E-state index >= 15 is 0 Å². The van der Waals surface area contributed by atoms with Crippen molar-refractivity contribution in [3.8, 4) is 0 Å². The number of nitrogens with zero attached hydrogens (tertiary/aromatic N) is 2. The van der Waals surface area contributed by atoms with Crippen LogP contribution >= 0.6 is 23.1 Å². The molecule has 2 aromatic rings. The molecule has 2 aromatic heterocycles. The molecule has 0 radical (unpaired) electrons. The quantitative estimate of drug-likeness (QED) is 0.808. The summed E-state index contributed by atoms with van der Waals surface area (Å²) < 4.78 is 29.4. The number of thiazole rings is 1. The largest absolute Gasteiger partial charge is 0.368 e. The van der Waals surface area contributed by atoms with Crippen molar-refractivity contribution in [1.82, 2.24) is 14.1 Å². The molecule has 2 N–H and O–H groups in total. The lowest BCUT2D eigenvalue weighted by atomic mass is 10.4. The van der Waals surface area contributed by atoms with E-state index in [1.165, 1.54) is 11.3 Å². The molecule has 1 atom stereocenters. The number of fused-ring (bicyclic) bond motifs is 1. The average Bonchev–Trinajstić information content (AvgIpc) is 2.88. The van der Waals surface area contributed by atoms with Gasteiger partial charge in [-0.25, -0.2) is 18.1 Å². The normalized spacial score (nSPS) is 13.8. The second-order valence-electron chi connectivity index (χ2n) is 4.33. The molecule has 0 amide bonds. The van der Waals surface area contributed by atoms with E-state index < -0.39 is 10.0 Å². The molecular weight excluding hydrogens is 316 g/mol. The van der Waals surface area contributed by atoms with Crippen molar-refractivity contribution in [3.63, 3.8) is 0 Å². The van der Waals surface area contributed by atoms with Crippen LogP contribution in [0.1, 0.15) is 13.8 Å². The first-order chi connectivity index (χ1) is 9.49. The minimum atomic E-state index is -3.61. The van der Waals surface area contributed by atoms with Crippen LogP contribution in [0.25, 0.3) is 4.96 Å². The van der Waals surface area contributed by atoms with Gasteiger partial charge in [0.1, 0.15) is 0 Å². The van der Waals surface area contributed by atoms with E-state index in [1.54, 1.807) is 22.4 Å². The van der Waals surface area contributed by atoms with Crippen molar-refractivity contribution in [2.45, 2.75) is 24.9 Å². The molecule has 20 heavy (non-hydrogen) atoms. The second kappa shape index (κ2) is 6.33. The van der Waals surface area contributed by atoms with Gasteiger partial charge in [-0.3, -0.25) is 4.40 Å². The molecule has 2 rings (SSSR count). The van der Waals surface area contributed by atoms with Gasteiger partial charge in [0, 0.05) is 29.9 Å². The van der Waals surface area contributed by atoms with E-state index in [4.69, 9.17) is 0 Å². The summed E-state index contributed by atoms with van der Waals surface area (Å²) in [7, 11) is -3.61. The molecule has 9 heteroatoms. The van der Waals surface area contributed by atoms with Crippen molar-refractivity contribution in [3.05, 3.63) is 11.6 Å². The van der Waals surface area contributed by atoms with Crippen LogP contribution in [0.15, 0.2) is 16.6 Å². The molecule has 112 valence electrons. The number of nitrogens with one attached hydrogen (secondary N) is 2. The third kappa shape index (κ3) is 3.11. The number of hydrogen-bond acceptors (Lipinski definition) is 6. The first kappa shape index (κ1) is 15.6. The molecule has 0 fully saturated rings. The van der Waals surface area contributed by atoms with Gasteiger partial charge in [0.2, 0.25) is 0 Å². The fraction of sp³-hybridized carbons (Fsp3) is 0.545. The van der Waals surface area contributed by atoms with Gasteiger partial charge in [-0.15, -0.1) is 11.3 Å². The molecule has 0 saturated carbocycles. The first-order valence-electron chi connectivity index (χ1n) is 6.20. The summed E-state index contributed by atoms with van der Waals surface area (Å²) in [6.07, 6.45) is 3.67. The number of thioether (sulfide) groups is 1. The molecular formula is C11H18N4O2S3. The maximum atomic E-state index is 12.6. The Morgan fingerprint density at radius 2 is 2.30 bits per heavy atom. The minimum Gasteiger partial charge on any atom is -0.368 e. The van der Waals surface area contributed by atoms with Crippen LogP contribution in [0, 0.1) is 0 Å². The number of aromatic nitrogens is 2. The predicted octanol–water partition coefficient (Wildman–Crippen LogP) is 1.86. The van der Waals surface area contributed by atoms with Gasteiger partial charge in [0.25, 0.3) is 10.0 Å². The van der Waals surface area contributed by atoms with Gasteiger partial charge in [-0.05, 0) is 20.1 Å². The zero-order valence-electron chi connectivity index (χ0n) is 11.6. The minimum absolute atomic E-state index is 0.131. The fourth-order valence-corrected chi connectivity index (χ4v) is 4.87. The molecule has 0 aliphatic carbocycles. The molecule has 0 spiro atoms. The number of hydrogen-bond donors (Lipinski definition) is 2. The zero-order chi connectivity index (χ0) is 14.8. The number of imidazole rings is 1. The first-order valence-corrected chi connectivity index (χ1v) is 9.96. The summed E-state index contributed by atoms with van der Waals surface area (Å²) in [5.74, 6) is 1.13. The Balaban J connectivity index is 2.43. The number of anilines is 1. The van der Waals surface area contributed by atoms with Crippen molar-refractivity contribution in [1.29, 1.82) is 0 Å². The average molecular weight is 334 g/mol. The van der Waals surface area contributed by atoms with E-state index in [2.05, 4.69) is 15.0 Å². The number of sulfonamides is 1. The second-order valence-corrected chi connectivity index (χ2v) is 7.74. The zero-order valence-corrected chi connectivity index (χ0v) is 14.0. The lowest BCUT2D eigenvalue weighted by Crippen LogP contribution is -2.35. The van der Waals surface area contributed by atoms with Crippen LogP contribution in [0.3, 0.4) is 0 Å². The Morgan fingerprint density at radius 1 is 1.55 bits per heavy atom. The van der Waals surface area contributed by atoms with Crippen molar-refractivity contribution >= 4 is 43.9 Å². The Hall–Kier alpha value is -0.770. The maximum Gasteiger partial charge on any atom is 0.260 e. The van der Waals surface area contributed by atoms with Crippen LogP contribution in [0.5, 0.6) is 0 Å². The molecule has 6 nitrogen and oxygen atoms in total. The Labute approximate surface area is 127 Å². The van der Waals surface area contributed by atoms with Gasteiger partial charge >= 0.3 is 0 Å². The van der Waals surface area contributed by atoms with Gasteiger partial charge in [0.15, 0.2) is 15.8 Å². The van der Waals surface area contributed by atoms with Gasteiger partial charge < -0.3 is 5.32 Å². The van der Waals surface area contributed by atoms with Crippen LogP contribution in [0.2, 0.25) is 0 Å². The van der Waals surface area contributed by atoms with E-state index in [0.717, 1.165) is 5.75 Å². The molecule has 2 heterocycles. The lowest BCUT2D eigenvalue weighted by molar-refractivity contribution is 0.566. The summed E-state index contributed by atoms with van der Waals surface area (Å²) >= 11 is 3.01. The summed E-state index contributed by atoms with van der Waals surface area (Å²) in [4.78, 5) is 4.99. The highest BCUT2D eigenvalue weighted by Gasteiger charge is 2.27. The predicted molar refractivity (Wildman–Crippen MR) is 85.4 cm³/mol. The highest BCUT2D eigenvalue weighted by atomic mass is 32.2. The maximum absolute atomic E-state index is 12.6. The number of rotatable bonds is 7. The van der Waals surface area contributed by atoms with Crippen LogP contribution in [0.4, 0.5) is 5.82 Å². The molecule has 0 aromatic carbocycles. The van der Waals surface area contributed by atoms with E-state index in [1.807, 2.05) is 25.5 Å².